The third-order valence-electron chi connectivity index (χ3n) is 3.87. The van der Waals surface area contributed by atoms with Crippen LogP contribution in [0.3, 0.4) is 0 Å². The maximum absolute atomic E-state index is 10.8. The first kappa shape index (κ1) is 12.8. The van der Waals surface area contributed by atoms with E-state index in [1.54, 1.807) is 6.34 Å². The number of aromatic nitrogens is 1. The van der Waals surface area contributed by atoms with Crippen molar-refractivity contribution in [3.8, 4) is 17.0 Å². The molecule has 108 valence electrons. The van der Waals surface area contributed by atoms with Crippen molar-refractivity contribution >= 4 is 22.9 Å². The van der Waals surface area contributed by atoms with Gasteiger partial charge in [-0.3, -0.25) is 4.99 Å². The number of aromatic hydroxyl groups is 1. The van der Waals surface area contributed by atoms with Crippen LogP contribution < -0.4 is 4.90 Å². The molecule has 2 aromatic carbocycles. The van der Waals surface area contributed by atoms with E-state index >= 15 is 0 Å². The zero-order valence-electron chi connectivity index (χ0n) is 12.0. The lowest BCUT2D eigenvalue weighted by atomic mass is 10.1. The molecule has 0 saturated heterocycles. The molecule has 2 heterocycles. The number of pyridine rings is 1. The lowest BCUT2D eigenvalue weighted by Crippen LogP contribution is -2.19. The zero-order chi connectivity index (χ0) is 14.9. The summed E-state index contributed by atoms with van der Waals surface area (Å²) in [7, 11) is 0. The quantitative estimate of drug-likeness (QED) is 0.786. The largest absolute Gasteiger partial charge is 0.504 e. The average molecular weight is 289 g/mol. The Morgan fingerprint density at radius 1 is 0.955 bits per heavy atom. The number of hydrogen-bond acceptors (Lipinski definition) is 4. The van der Waals surface area contributed by atoms with Crippen molar-refractivity contribution in [1.29, 1.82) is 0 Å². The summed E-state index contributed by atoms with van der Waals surface area (Å²) in [6, 6.07) is 17.6. The molecular weight excluding hydrogens is 274 g/mol. The fourth-order valence-electron chi connectivity index (χ4n) is 2.82. The highest BCUT2D eigenvalue weighted by Gasteiger charge is 2.21. The molecule has 0 atom stereocenters. The van der Waals surface area contributed by atoms with Gasteiger partial charge in [-0.25, -0.2) is 4.98 Å². The van der Waals surface area contributed by atoms with Gasteiger partial charge in [-0.2, -0.15) is 0 Å². The molecule has 0 aliphatic carbocycles. The molecule has 3 aromatic rings. The molecule has 22 heavy (non-hydrogen) atoms. The van der Waals surface area contributed by atoms with E-state index in [2.05, 4.69) is 9.98 Å². The number of nitrogens with zero attached hydrogens (tertiary/aromatic N) is 3. The fourth-order valence-corrected chi connectivity index (χ4v) is 2.82. The third kappa shape index (κ3) is 2.00. The minimum absolute atomic E-state index is 0.207. The van der Waals surface area contributed by atoms with Crippen LogP contribution in [0.4, 0.5) is 5.69 Å². The van der Waals surface area contributed by atoms with Crippen LogP contribution in [0.25, 0.3) is 22.2 Å². The minimum Gasteiger partial charge on any atom is -0.504 e. The molecule has 0 saturated carbocycles. The Kier molecular flexibility index (Phi) is 3.00. The van der Waals surface area contributed by atoms with E-state index in [9.17, 15) is 5.11 Å². The van der Waals surface area contributed by atoms with Crippen LogP contribution in [-0.4, -0.2) is 29.5 Å². The maximum Gasteiger partial charge on any atom is 0.166 e. The van der Waals surface area contributed by atoms with Crippen molar-refractivity contribution in [2.75, 3.05) is 18.0 Å². The number of hydrogen-bond donors (Lipinski definition) is 1. The molecule has 0 unspecified atom stereocenters. The summed E-state index contributed by atoms with van der Waals surface area (Å²) in [6.45, 7) is 1.52. The molecule has 1 aromatic heterocycles. The second kappa shape index (κ2) is 5.15. The van der Waals surface area contributed by atoms with Crippen molar-refractivity contribution in [2.24, 2.45) is 4.99 Å². The van der Waals surface area contributed by atoms with Gasteiger partial charge in [0.1, 0.15) is 5.69 Å². The monoisotopic (exact) mass is 289 g/mol. The highest BCUT2D eigenvalue weighted by Crippen LogP contribution is 2.41. The van der Waals surface area contributed by atoms with Crippen molar-refractivity contribution in [3.63, 3.8) is 0 Å². The first-order valence-electron chi connectivity index (χ1n) is 7.28. The summed E-state index contributed by atoms with van der Waals surface area (Å²) >= 11 is 0. The van der Waals surface area contributed by atoms with Crippen LogP contribution in [0, 0.1) is 0 Å². The molecule has 4 heteroatoms. The summed E-state index contributed by atoms with van der Waals surface area (Å²) < 4.78 is 0. The van der Waals surface area contributed by atoms with Crippen LogP contribution >= 0.6 is 0 Å². The zero-order valence-corrected chi connectivity index (χ0v) is 12.0. The Morgan fingerprint density at radius 3 is 2.50 bits per heavy atom. The normalized spacial score (nSPS) is 13.9. The van der Waals surface area contributed by atoms with Gasteiger partial charge < -0.3 is 10.0 Å². The van der Waals surface area contributed by atoms with Gasteiger partial charge in [-0.15, -0.1) is 0 Å². The average Bonchev–Trinajstić information content (AvgIpc) is 3.09. The number of aliphatic imine (C=N–C) groups is 1. The highest BCUT2D eigenvalue weighted by atomic mass is 16.3. The predicted octanol–water partition coefficient (Wildman–Crippen LogP) is 3.46. The Morgan fingerprint density at radius 2 is 1.73 bits per heavy atom. The van der Waals surface area contributed by atoms with E-state index in [0.29, 0.717) is 5.69 Å². The van der Waals surface area contributed by atoms with Crippen LogP contribution in [0.5, 0.6) is 5.75 Å². The van der Waals surface area contributed by atoms with E-state index < -0.39 is 0 Å². The van der Waals surface area contributed by atoms with E-state index in [4.69, 9.17) is 0 Å². The molecular formula is C18H15N3O. The maximum atomic E-state index is 10.8. The molecule has 4 rings (SSSR count). The first-order valence-corrected chi connectivity index (χ1v) is 7.28. The summed E-state index contributed by atoms with van der Waals surface area (Å²) in [4.78, 5) is 10.9. The molecule has 4 nitrogen and oxygen atoms in total. The first-order chi connectivity index (χ1) is 10.8. The van der Waals surface area contributed by atoms with Gasteiger partial charge in [0.05, 0.1) is 24.1 Å². The summed E-state index contributed by atoms with van der Waals surface area (Å²) in [5.41, 5.74) is 3.16. The van der Waals surface area contributed by atoms with Crippen molar-refractivity contribution in [1.82, 2.24) is 4.98 Å². The molecule has 1 aliphatic heterocycles. The van der Waals surface area contributed by atoms with Crippen LogP contribution in [0.2, 0.25) is 0 Å². The summed E-state index contributed by atoms with van der Waals surface area (Å²) in [5, 5.41) is 11.8. The second-order valence-corrected chi connectivity index (χ2v) is 5.26. The fraction of sp³-hybridized carbons (Fsp3) is 0.111. The third-order valence-corrected chi connectivity index (χ3v) is 3.87. The molecule has 0 radical (unpaired) electrons. The summed E-state index contributed by atoms with van der Waals surface area (Å²) in [5.74, 6) is 0.207. The van der Waals surface area contributed by atoms with Crippen molar-refractivity contribution in [2.45, 2.75) is 0 Å². The highest BCUT2D eigenvalue weighted by molar-refractivity contribution is 6.03. The molecule has 0 amide bonds. The SMILES string of the molecule is Oc1c(-c2ccccc2)nc2ccccc2c1N1C=NCC1. The number of rotatable bonds is 2. The van der Waals surface area contributed by atoms with Crippen LogP contribution in [-0.2, 0) is 0 Å². The lowest BCUT2D eigenvalue weighted by Gasteiger charge is -2.20. The topological polar surface area (TPSA) is 48.7 Å². The van der Waals surface area contributed by atoms with Gasteiger partial charge in [0, 0.05) is 17.5 Å². The Balaban J connectivity index is 2.03. The smallest absolute Gasteiger partial charge is 0.166 e. The van der Waals surface area contributed by atoms with E-state index in [-0.39, 0.29) is 5.75 Å². The number of fused-ring (bicyclic) bond motifs is 1. The minimum atomic E-state index is 0.207. The molecule has 1 aliphatic rings. The van der Waals surface area contributed by atoms with Gasteiger partial charge in [0.25, 0.3) is 0 Å². The predicted molar refractivity (Wildman–Crippen MR) is 89.5 cm³/mol. The van der Waals surface area contributed by atoms with Crippen molar-refractivity contribution < 1.29 is 5.11 Å². The van der Waals surface area contributed by atoms with Gasteiger partial charge in [-0.05, 0) is 6.07 Å². The second-order valence-electron chi connectivity index (χ2n) is 5.26. The van der Waals surface area contributed by atoms with Gasteiger partial charge in [0.2, 0.25) is 0 Å². The lowest BCUT2D eigenvalue weighted by molar-refractivity contribution is 0.477. The van der Waals surface area contributed by atoms with Crippen molar-refractivity contribution in [3.05, 3.63) is 54.6 Å². The van der Waals surface area contributed by atoms with Gasteiger partial charge in [0.15, 0.2) is 5.75 Å². The van der Waals surface area contributed by atoms with Crippen LogP contribution in [0.15, 0.2) is 59.6 Å². The Labute approximate surface area is 128 Å². The van der Waals surface area contributed by atoms with Crippen LogP contribution in [0.1, 0.15) is 0 Å². The molecule has 0 bridgehead atoms. The number of anilines is 1. The number of benzene rings is 2. The van der Waals surface area contributed by atoms with Gasteiger partial charge >= 0.3 is 0 Å². The van der Waals surface area contributed by atoms with E-state index in [0.717, 1.165) is 35.2 Å². The summed E-state index contributed by atoms with van der Waals surface area (Å²) in [6.07, 6.45) is 1.79. The van der Waals surface area contributed by atoms with Gasteiger partial charge in [-0.1, -0.05) is 48.5 Å². The number of para-hydroxylation sites is 1. The molecule has 0 spiro atoms. The van der Waals surface area contributed by atoms with E-state index in [1.165, 1.54) is 0 Å². The van der Waals surface area contributed by atoms with E-state index in [1.807, 2.05) is 59.5 Å². The Bertz CT molecular complexity index is 859. The molecule has 0 fully saturated rings. The Hall–Kier alpha value is -2.88. The molecule has 1 N–H and O–H groups in total. The standard InChI is InChI=1S/C18H15N3O/c22-18-16(13-6-2-1-3-7-13)20-15-9-5-4-8-14(15)17(18)21-11-10-19-12-21/h1-9,12,22H,10-11H2.